The molecular formula is C17H24N2O5. The third-order valence-corrected chi connectivity index (χ3v) is 3.55. The molecule has 0 fully saturated rings. The Morgan fingerprint density at radius 3 is 2.08 bits per heavy atom. The first-order valence-corrected chi connectivity index (χ1v) is 7.63. The van der Waals surface area contributed by atoms with E-state index in [1.54, 1.807) is 45.0 Å². The largest absolute Gasteiger partial charge is 0.481 e. The van der Waals surface area contributed by atoms with Crippen LogP contribution in [-0.2, 0) is 20.8 Å². The minimum Gasteiger partial charge on any atom is -0.481 e. The van der Waals surface area contributed by atoms with E-state index in [-0.39, 0.29) is 25.2 Å². The van der Waals surface area contributed by atoms with Gasteiger partial charge in [0.1, 0.15) is 6.04 Å². The minimum atomic E-state index is -1.21. The molecule has 7 heteroatoms. The molecule has 24 heavy (non-hydrogen) atoms. The van der Waals surface area contributed by atoms with Crippen molar-refractivity contribution in [2.75, 3.05) is 5.73 Å². The van der Waals surface area contributed by atoms with Gasteiger partial charge in [-0.15, -0.1) is 0 Å². The van der Waals surface area contributed by atoms with Gasteiger partial charge in [0.2, 0.25) is 5.91 Å². The number of benzene rings is 1. The molecule has 0 aliphatic heterocycles. The maximum atomic E-state index is 12.7. The number of hydrogen-bond donors (Lipinski definition) is 3. The van der Waals surface area contributed by atoms with Crippen LogP contribution in [0.1, 0.15) is 39.2 Å². The zero-order chi connectivity index (χ0) is 18.5. The van der Waals surface area contributed by atoms with Gasteiger partial charge in [0.25, 0.3) is 0 Å². The lowest BCUT2D eigenvalue weighted by Gasteiger charge is -2.40. The number of carboxylic acids is 2. The standard InChI is InChI=1S/C17H24N2O5/c1-17(2,3)19(13(16(23)24)8-9-15(21)22)14(20)10-11-4-6-12(18)7-5-11/h4-7,13H,8-10,18H2,1-3H3,(H,21,22)(H,23,24)/t13-/m0/s1. The third-order valence-electron chi connectivity index (χ3n) is 3.55. The summed E-state index contributed by atoms with van der Waals surface area (Å²) in [4.78, 5) is 36.4. The average Bonchev–Trinajstić information content (AvgIpc) is 2.43. The molecule has 0 heterocycles. The van der Waals surface area contributed by atoms with Crippen LogP contribution >= 0.6 is 0 Å². The van der Waals surface area contributed by atoms with Gasteiger partial charge in [-0.3, -0.25) is 9.59 Å². The zero-order valence-electron chi connectivity index (χ0n) is 14.2. The number of carbonyl (C=O) groups excluding carboxylic acids is 1. The first-order chi connectivity index (χ1) is 11.0. The van der Waals surface area contributed by atoms with Gasteiger partial charge in [-0.25, -0.2) is 4.79 Å². The van der Waals surface area contributed by atoms with Crippen molar-refractivity contribution in [1.82, 2.24) is 4.90 Å². The van der Waals surface area contributed by atoms with Crippen LogP contribution in [-0.4, -0.2) is 44.5 Å². The molecular weight excluding hydrogens is 312 g/mol. The number of carbonyl (C=O) groups is 3. The summed E-state index contributed by atoms with van der Waals surface area (Å²) in [6, 6.07) is 5.57. The van der Waals surface area contributed by atoms with Gasteiger partial charge in [-0.1, -0.05) is 12.1 Å². The van der Waals surface area contributed by atoms with E-state index >= 15 is 0 Å². The van der Waals surface area contributed by atoms with Gasteiger partial charge in [0, 0.05) is 17.6 Å². The highest BCUT2D eigenvalue weighted by Crippen LogP contribution is 2.22. The number of carboxylic acid groups (broad SMARTS) is 2. The van der Waals surface area contributed by atoms with Gasteiger partial charge in [0.15, 0.2) is 0 Å². The van der Waals surface area contributed by atoms with Crippen molar-refractivity contribution in [3.8, 4) is 0 Å². The maximum Gasteiger partial charge on any atom is 0.326 e. The smallest absolute Gasteiger partial charge is 0.326 e. The van der Waals surface area contributed by atoms with Crippen molar-refractivity contribution in [1.29, 1.82) is 0 Å². The van der Waals surface area contributed by atoms with E-state index in [4.69, 9.17) is 10.8 Å². The first-order valence-electron chi connectivity index (χ1n) is 7.63. The molecule has 0 bridgehead atoms. The van der Waals surface area contributed by atoms with Crippen LogP contribution in [0.5, 0.6) is 0 Å². The molecule has 0 aliphatic rings. The third kappa shape index (κ3) is 5.57. The summed E-state index contributed by atoms with van der Waals surface area (Å²) in [6.07, 6.45) is -0.442. The van der Waals surface area contributed by atoms with E-state index in [0.29, 0.717) is 11.3 Å². The fourth-order valence-electron chi connectivity index (χ4n) is 2.53. The Hall–Kier alpha value is -2.57. The Labute approximate surface area is 141 Å². The summed E-state index contributed by atoms with van der Waals surface area (Å²) in [5.74, 6) is -2.68. The van der Waals surface area contributed by atoms with Crippen LogP contribution in [0.25, 0.3) is 0 Å². The molecule has 1 aromatic carbocycles. The second-order valence-electron chi connectivity index (χ2n) is 6.64. The zero-order valence-corrected chi connectivity index (χ0v) is 14.2. The Morgan fingerprint density at radius 1 is 1.12 bits per heavy atom. The molecule has 1 rings (SSSR count). The van der Waals surface area contributed by atoms with Gasteiger partial charge >= 0.3 is 11.9 Å². The minimum absolute atomic E-state index is 0.0222. The van der Waals surface area contributed by atoms with Crippen molar-refractivity contribution in [2.45, 2.75) is 51.6 Å². The number of hydrogen-bond acceptors (Lipinski definition) is 4. The van der Waals surface area contributed by atoms with E-state index in [1.807, 2.05) is 0 Å². The monoisotopic (exact) mass is 336 g/mol. The Bertz CT molecular complexity index is 604. The fraction of sp³-hybridized carbons (Fsp3) is 0.471. The molecule has 0 saturated heterocycles. The lowest BCUT2D eigenvalue weighted by Crippen LogP contribution is -2.55. The highest BCUT2D eigenvalue weighted by molar-refractivity contribution is 5.86. The molecule has 0 spiro atoms. The molecule has 0 aliphatic carbocycles. The van der Waals surface area contributed by atoms with Crippen molar-refractivity contribution in [2.24, 2.45) is 0 Å². The van der Waals surface area contributed by atoms with Crippen molar-refractivity contribution in [3.05, 3.63) is 29.8 Å². The number of nitrogens with zero attached hydrogens (tertiary/aromatic N) is 1. The van der Waals surface area contributed by atoms with Crippen molar-refractivity contribution in [3.63, 3.8) is 0 Å². The molecule has 0 radical (unpaired) electrons. The predicted octanol–water partition coefficient (Wildman–Crippen LogP) is 1.76. The molecule has 0 aromatic heterocycles. The average molecular weight is 336 g/mol. The van der Waals surface area contributed by atoms with E-state index in [2.05, 4.69) is 0 Å². The summed E-state index contributed by atoms with van der Waals surface area (Å²) >= 11 is 0. The van der Waals surface area contributed by atoms with Crippen LogP contribution in [0.3, 0.4) is 0 Å². The molecule has 0 saturated carbocycles. The molecule has 0 unspecified atom stereocenters. The van der Waals surface area contributed by atoms with E-state index in [0.717, 1.165) is 0 Å². The number of nitrogen functional groups attached to an aromatic ring is 1. The number of rotatable bonds is 7. The Kier molecular flexibility index (Phi) is 6.34. The van der Waals surface area contributed by atoms with Crippen LogP contribution in [0, 0.1) is 0 Å². The summed E-state index contributed by atoms with van der Waals surface area (Å²) in [7, 11) is 0. The van der Waals surface area contributed by atoms with E-state index in [9.17, 15) is 19.5 Å². The number of amides is 1. The van der Waals surface area contributed by atoms with Crippen molar-refractivity contribution < 1.29 is 24.6 Å². The van der Waals surface area contributed by atoms with Gasteiger partial charge in [-0.2, -0.15) is 0 Å². The SMILES string of the molecule is CC(C)(C)N(C(=O)Cc1ccc(N)cc1)[C@@H](CCC(=O)O)C(=O)O. The topological polar surface area (TPSA) is 121 Å². The second-order valence-corrected chi connectivity index (χ2v) is 6.64. The second kappa shape index (κ2) is 7.81. The maximum absolute atomic E-state index is 12.7. The molecule has 1 aromatic rings. The highest BCUT2D eigenvalue weighted by Gasteiger charge is 2.37. The first kappa shape index (κ1) is 19.5. The number of nitrogens with two attached hydrogens (primary N) is 1. The lowest BCUT2D eigenvalue weighted by molar-refractivity contribution is -0.156. The summed E-state index contributed by atoms with van der Waals surface area (Å²) in [6.45, 7) is 5.18. The van der Waals surface area contributed by atoms with Gasteiger partial charge in [-0.05, 0) is 44.9 Å². The summed E-state index contributed by atoms with van der Waals surface area (Å²) in [5, 5.41) is 18.3. The van der Waals surface area contributed by atoms with E-state index in [1.165, 1.54) is 4.90 Å². The summed E-state index contributed by atoms with van der Waals surface area (Å²) < 4.78 is 0. The van der Waals surface area contributed by atoms with Crippen LogP contribution < -0.4 is 5.73 Å². The molecule has 1 amide bonds. The van der Waals surface area contributed by atoms with E-state index < -0.39 is 23.5 Å². The molecule has 7 nitrogen and oxygen atoms in total. The molecule has 4 N–H and O–H groups in total. The number of anilines is 1. The summed E-state index contributed by atoms with van der Waals surface area (Å²) in [5.41, 5.74) is 6.14. The highest BCUT2D eigenvalue weighted by atomic mass is 16.4. The van der Waals surface area contributed by atoms with Gasteiger partial charge < -0.3 is 20.8 Å². The predicted molar refractivity (Wildman–Crippen MR) is 89.5 cm³/mol. The van der Waals surface area contributed by atoms with Crippen molar-refractivity contribution >= 4 is 23.5 Å². The van der Waals surface area contributed by atoms with Crippen LogP contribution in [0.2, 0.25) is 0 Å². The Morgan fingerprint density at radius 2 is 1.67 bits per heavy atom. The normalized spacial score (nSPS) is 12.5. The fourth-order valence-corrected chi connectivity index (χ4v) is 2.53. The molecule has 132 valence electrons. The van der Waals surface area contributed by atoms with Gasteiger partial charge in [0.05, 0.1) is 6.42 Å². The molecule has 1 atom stereocenters. The quantitative estimate of drug-likeness (QED) is 0.652. The Balaban J connectivity index is 3.05. The van der Waals surface area contributed by atoms with Crippen LogP contribution in [0.4, 0.5) is 5.69 Å². The number of aliphatic carboxylic acids is 2. The van der Waals surface area contributed by atoms with Crippen LogP contribution in [0.15, 0.2) is 24.3 Å². The lowest BCUT2D eigenvalue weighted by atomic mass is 9.98.